The van der Waals surface area contributed by atoms with E-state index in [9.17, 15) is 13.2 Å². The monoisotopic (exact) mass is 251 g/mol. The Labute approximate surface area is 95.0 Å². The van der Waals surface area contributed by atoms with E-state index in [0.717, 1.165) is 6.42 Å². The number of nitrogens with one attached hydrogen (secondary N) is 1. The number of carboxylic acids is 1. The van der Waals surface area contributed by atoms with Crippen LogP contribution in [0.2, 0.25) is 0 Å². The van der Waals surface area contributed by atoms with Gasteiger partial charge in [-0.25, -0.2) is 13.1 Å². The summed E-state index contributed by atoms with van der Waals surface area (Å²) in [5, 5.41) is 8.74. The molecule has 2 N–H and O–H groups in total. The summed E-state index contributed by atoms with van der Waals surface area (Å²) in [5.41, 5.74) is 0. The summed E-state index contributed by atoms with van der Waals surface area (Å²) in [7, 11) is -3.58. The molecule has 0 saturated carbocycles. The summed E-state index contributed by atoms with van der Waals surface area (Å²) in [6.45, 7) is 2.20. The van der Waals surface area contributed by atoms with Crippen molar-refractivity contribution in [1.82, 2.24) is 4.72 Å². The molecule has 1 aliphatic heterocycles. The second-order valence-electron chi connectivity index (χ2n) is 3.83. The fraction of sp³-hybridized carbons (Fsp3) is 0.889. The Bertz CT molecular complexity index is 334. The Morgan fingerprint density at radius 2 is 2.31 bits per heavy atom. The van der Waals surface area contributed by atoms with Crippen LogP contribution in [0.15, 0.2) is 0 Å². The smallest absolute Gasteiger partial charge is 0.321 e. The molecule has 2 unspecified atom stereocenters. The summed E-state index contributed by atoms with van der Waals surface area (Å²) in [6, 6.07) is -1.05. The minimum absolute atomic E-state index is 0.156. The molecule has 6 nitrogen and oxygen atoms in total. The van der Waals surface area contributed by atoms with Gasteiger partial charge in [0.1, 0.15) is 6.04 Å². The van der Waals surface area contributed by atoms with Crippen LogP contribution in [0.5, 0.6) is 0 Å². The predicted molar refractivity (Wildman–Crippen MR) is 57.6 cm³/mol. The summed E-state index contributed by atoms with van der Waals surface area (Å²) >= 11 is 0. The predicted octanol–water partition coefficient (Wildman–Crippen LogP) is -0.0520. The molecule has 1 heterocycles. The molecule has 1 aliphatic rings. The average molecular weight is 251 g/mol. The van der Waals surface area contributed by atoms with E-state index in [4.69, 9.17) is 9.84 Å². The Hall–Kier alpha value is -0.660. The standard InChI is InChI=1S/C9H17NO5S/c1-2-8(9(11)12)10-16(13,14)6-7-4-3-5-15-7/h7-8,10H,2-6H2,1H3,(H,11,12). The van der Waals surface area contributed by atoms with Crippen molar-refractivity contribution >= 4 is 16.0 Å². The van der Waals surface area contributed by atoms with Crippen molar-refractivity contribution in [3.05, 3.63) is 0 Å². The van der Waals surface area contributed by atoms with E-state index in [1.54, 1.807) is 6.92 Å². The molecular weight excluding hydrogens is 234 g/mol. The van der Waals surface area contributed by atoms with E-state index < -0.39 is 22.0 Å². The van der Waals surface area contributed by atoms with Gasteiger partial charge in [0.05, 0.1) is 11.9 Å². The molecule has 0 aliphatic carbocycles. The van der Waals surface area contributed by atoms with Gasteiger partial charge < -0.3 is 9.84 Å². The van der Waals surface area contributed by atoms with Gasteiger partial charge in [0.15, 0.2) is 0 Å². The molecule has 0 aromatic heterocycles. The topological polar surface area (TPSA) is 92.7 Å². The number of rotatable bonds is 6. The molecule has 0 aromatic rings. The minimum atomic E-state index is -3.58. The molecular formula is C9H17NO5S. The number of aliphatic carboxylic acids is 1. The lowest BCUT2D eigenvalue weighted by atomic mass is 10.2. The van der Waals surface area contributed by atoms with Crippen molar-refractivity contribution < 1.29 is 23.1 Å². The molecule has 0 radical (unpaired) electrons. The van der Waals surface area contributed by atoms with Crippen molar-refractivity contribution in [3.63, 3.8) is 0 Å². The first-order valence-electron chi connectivity index (χ1n) is 5.29. The zero-order valence-corrected chi connectivity index (χ0v) is 10.00. The number of hydrogen-bond acceptors (Lipinski definition) is 4. The van der Waals surface area contributed by atoms with Gasteiger partial charge in [-0.05, 0) is 19.3 Å². The molecule has 0 aromatic carbocycles. The van der Waals surface area contributed by atoms with Gasteiger partial charge in [-0.1, -0.05) is 6.92 Å². The summed E-state index contributed by atoms with van der Waals surface area (Å²) in [4.78, 5) is 10.7. The molecule has 1 saturated heterocycles. The largest absolute Gasteiger partial charge is 0.480 e. The van der Waals surface area contributed by atoms with E-state index in [2.05, 4.69) is 4.72 Å². The Kier molecular flexibility index (Phi) is 4.69. The molecule has 94 valence electrons. The zero-order chi connectivity index (χ0) is 12.2. The fourth-order valence-corrected chi connectivity index (χ4v) is 3.14. The maximum absolute atomic E-state index is 11.6. The lowest BCUT2D eigenvalue weighted by Gasteiger charge is -2.15. The van der Waals surface area contributed by atoms with Crippen molar-refractivity contribution in [3.8, 4) is 0 Å². The Morgan fingerprint density at radius 3 is 2.75 bits per heavy atom. The lowest BCUT2D eigenvalue weighted by Crippen LogP contribution is -2.43. The highest BCUT2D eigenvalue weighted by Gasteiger charge is 2.27. The van der Waals surface area contributed by atoms with Gasteiger partial charge in [0.2, 0.25) is 10.0 Å². The van der Waals surface area contributed by atoms with Crippen LogP contribution < -0.4 is 4.72 Å². The molecule has 2 atom stereocenters. The highest BCUT2D eigenvalue weighted by Crippen LogP contribution is 2.13. The first-order valence-corrected chi connectivity index (χ1v) is 6.94. The first kappa shape index (κ1) is 13.4. The summed E-state index contributed by atoms with van der Waals surface area (Å²) in [6.07, 6.45) is 1.49. The van der Waals surface area contributed by atoms with Crippen molar-refractivity contribution in [2.75, 3.05) is 12.4 Å². The maximum Gasteiger partial charge on any atom is 0.321 e. The molecule has 7 heteroatoms. The van der Waals surface area contributed by atoms with Crippen LogP contribution in [-0.2, 0) is 19.6 Å². The van der Waals surface area contributed by atoms with E-state index in [0.29, 0.717) is 13.0 Å². The lowest BCUT2D eigenvalue weighted by molar-refractivity contribution is -0.139. The summed E-state index contributed by atoms with van der Waals surface area (Å²) < 4.78 is 30.6. The average Bonchev–Trinajstić information content (AvgIpc) is 2.65. The second-order valence-corrected chi connectivity index (χ2v) is 5.63. The third kappa shape index (κ3) is 4.07. The fourth-order valence-electron chi connectivity index (χ4n) is 1.59. The van der Waals surface area contributed by atoms with E-state index in [-0.39, 0.29) is 18.3 Å². The van der Waals surface area contributed by atoms with Gasteiger partial charge in [0, 0.05) is 6.61 Å². The molecule has 0 amide bonds. The van der Waals surface area contributed by atoms with Gasteiger partial charge in [-0.15, -0.1) is 0 Å². The van der Waals surface area contributed by atoms with Crippen molar-refractivity contribution in [2.45, 2.75) is 38.3 Å². The van der Waals surface area contributed by atoms with Crippen LogP contribution in [0, 0.1) is 0 Å². The van der Waals surface area contributed by atoms with Crippen LogP contribution in [0.25, 0.3) is 0 Å². The third-order valence-electron chi connectivity index (χ3n) is 2.46. The Balaban J connectivity index is 2.52. The molecule has 0 spiro atoms. The highest BCUT2D eigenvalue weighted by molar-refractivity contribution is 7.89. The Morgan fingerprint density at radius 1 is 1.62 bits per heavy atom. The van der Waals surface area contributed by atoms with Gasteiger partial charge in [0.25, 0.3) is 0 Å². The third-order valence-corrected chi connectivity index (χ3v) is 3.91. The number of sulfonamides is 1. The van der Waals surface area contributed by atoms with Crippen molar-refractivity contribution in [1.29, 1.82) is 0 Å². The van der Waals surface area contributed by atoms with Crippen LogP contribution in [0.4, 0.5) is 0 Å². The summed E-state index contributed by atoms with van der Waals surface area (Å²) in [5.74, 6) is -1.31. The van der Waals surface area contributed by atoms with Crippen LogP contribution in [0.1, 0.15) is 26.2 Å². The normalized spacial score (nSPS) is 23.2. The van der Waals surface area contributed by atoms with Gasteiger partial charge in [-0.2, -0.15) is 0 Å². The van der Waals surface area contributed by atoms with Gasteiger partial charge >= 0.3 is 5.97 Å². The van der Waals surface area contributed by atoms with Crippen molar-refractivity contribution in [2.24, 2.45) is 0 Å². The van der Waals surface area contributed by atoms with Crippen LogP contribution in [-0.4, -0.2) is 44.0 Å². The van der Waals surface area contributed by atoms with Crippen LogP contribution in [0.3, 0.4) is 0 Å². The number of carboxylic acid groups (broad SMARTS) is 1. The van der Waals surface area contributed by atoms with E-state index in [1.165, 1.54) is 0 Å². The highest BCUT2D eigenvalue weighted by atomic mass is 32.2. The second kappa shape index (κ2) is 5.60. The minimum Gasteiger partial charge on any atom is -0.480 e. The molecule has 16 heavy (non-hydrogen) atoms. The van der Waals surface area contributed by atoms with Gasteiger partial charge in [-0.3, -0.25) is 4.79 Å². The van der Waals surface area contributed by atoms with E-state index in [1.807, 2.05) is 0 Å². The maximum atomic E-state index is 11.6. The quantitative estimate of drug-likeness (QED) is 0.690. The SMILES string of the molecule is CCC(NS(=O)(=O)CC1CCCO1)C(=O)O. The molecule has 1 fully saturated rings. The van der Waals surface area contributed by atoms with Crippen LogP contribution >= 0.6 is 0 Å². The van der Waals surface area contributed by atoms with E-state index >= 15 is 0 Å². The number of carbonyl (C=O) groups is 1. The zero-order valence-electron chi connectivity index (χ0n) is 9.18. The number of hydrogen-bond donors (Lipinski definition) is 2. The molecule has 0 bridgehead atoms. The molecule has 1 rings (SSSR count). The number of ether oxygens (including phenoxy) is 1. The first-order chi connectivity index (χ1) is 7.44.